The van der Waals surface area contributed by atoms with Gasteiger partial charge in [-0.1, -0.05) is 35.1 Å². The first-order chi connectivity index (χ1) is 15.6. The molecule has 1 aliphatic rings. The molecule has 1 saturated heterocycles. The molecular formula is C23H26ClN3O4S. The third-order valence-corrected chi connectivity index (χ3v) is 6.53. The van der Waals surface area contributed by atoms with Crippen molar-refractivity contribution in [3.05, 3.63) is 47.5 Å². The van der Waals surface area contributed by atoms with E-state index in [4.69, 9.17) is 25.8 Å². The number of aromatic nitrogens is 1. The van der Waals surface area contributed by atoms with Crippen LogP contribution in [0.2, 0.25) is 5.02 Å². The van der Waals surface area contributed by atoms with Crippen molar-refractivity contribution >= 4 is 44.2 Å². The minimum atomic E-state index is -0.150. The van der Waals surface area contributed by atoms with Crippen LogP contribution in [0.15, 0.2) is 42.5 Å². The predicted molar refractivity (Wildman–Crippen MR) is 127 cm³/mol. The Morgan fingerprint density at radius 3 is 2.78 bits per heavy atom. The van der Waals surface area contributed by atoms with E-state index >= 15 is 0 Å². The molecule has 0 N–H and O–H groups in total. The smallest absolute Gasteiger partial charge is 0.266 e. The van der Waals surface area contributed by atoms with E-state index in [0.29, 0.717) is 28.2 Å². The van der Waals surface area contributed by atoms with Crippen LogP contribution >= 0.6 is 22.9 Å². The number of methoxy groups -OCH3 is 1. The van der Waals surface area contributed by atoms with E-state index in [-0.39, 0.29) is 12.5 Å². The Morgan fingerprint density at radius 1 is 1.22 bits per heavy atom. The summed E-state index contributed by atoms with van der Waals surface area (Å²) in [5.41, 5.74) is 0.825. The normalized spacial score (nSPS) is 14.4. The number of thiazole rings is 1. The topological polar surface area (TPSA) is 64.1 Å². The van der Waals surface area contributed by atoms with E-state index < -0.39 is 0 Å². The largest absolute Gasteiger partial charge is 0.493 e. The number of hydrogen-bond donors (Lipinski definition) is 0. The van der Waals surface area contributed by atoms with Crippen molar-refractivity contribution in [1.82, 2.24) is 9.88 Å². The molecule has 3 aromatic rings. The van der Waals surface area contributed by atoms with Gasteiger partial charge in [-0.3, -0.25) is 14.6 Å². The lowest BCUT2D eigenvalue weighted by Gasteiger charge is -2.27. The molecule has 1 aliphatic heterocycles. The average Bonchev–Trinajstić information content (AvgIpc) is 3.23. The van der Waals surface area contributed by atoms with Crippen molar-refractivity contribution in [1.29, 1.82) is 0 Å². The molecule has 0 bridgehead atoms. The number of benzene rings is 2. The number of fused-ring (bicyclic) bond motifs is 1. The highest BCUT2D eigenvalue weighted by molar-refractivity contribution is 7.22. The molecule has 4 rings (SSSR count). The fourth-order valence-corrected chi connectivity index (χ4v) is 4.85. The molecule has 2 heterocycles. The second kappa shape index (κ2) is 11.0. The zero-order valence-corrected chi connectivity index (χ0v) is 19.5. The van der Waals surface area contributed by atoms with Gasteiger partial charge in [-0.15, -0.1) is 0 Å². The Labute approximate surface area is 196 Å². The first kappa shape index (κ1) is 22.8. The molecule has 0 unspecified atom stereocenters. The molecule has 9 heteroatoms. The summed E-state index contributed by atoms with van der Waals surface area (Å²) < 4.78 is 17.5. The van der Waals surface area contributed by atoms with Crippen molar-refractivity contribution in [3.8, 4) is 11.5 Å². The van der Waals surface area contributed by atoms with E-state index in [2.05, 4.69) is 9.88 Å². The van der Waals surface area contributed by atoms with Gasteiger partial charge >= 0.3 is 0 Å². The molecule has 1 amide bonds. The summed E-state index contributed by atoms with van der Waals surface area (Å²) in [5, 5.41) is 1.30. The number of carbonyl (C=O) groups is 1. The summed E-state index contributed by atoms with van der Waals surface area (Å²) in [5.74, 6) is 0.976. The molecule has 0 spiro atoms. The fourth-order valence-electron chi connectivity index (χ4n) is 3.56. The van der Waals surface area contributed by atoms with Crippen LogP contribution in [0.3, 0.4) is 0 Å². The van der Waals surface area contributed by atoms with Gasteiger partial charge in [-0.2, -0.15) is 0 Å². The number of morpholine rings is 1. The Bertz CT molecular complexity index is 1050. The maximum Gasteiger partial charge on any atom is 0.266 e. The standard InChI is InChI=1S/C23H26ClN3O4S/c1-29-19-5-2-3-6-20(19)31-16-22(28)27(10-4-9-26-11-13-30-14-12-26)23-25-18-8-7-17(24)15-21(18)32-23/h2-3,5-8,15H,4,9-14,16H2,1H3. The molecule has 170 valence electrons. The third-order valence-electron chi connectivity index (χ3n) is 5.25. The summed E-state index contributed by atoms with van der Waals surface area (Å²) in [6, 6.07) is 12.9. The van der Waals surface area contributed by atoms with Crippen LogP contribution in [0, 0.1) is 0 Å². The Kier molecular flexibility index (Phi) is 7.81. The quantitative estimate of drug-likeness (QED) is 0.464. The molecule has 7 nitrogen and oxygen atoms in total. The first-order valence-corrected chi connectivity index (χ1v) is 11.8. The van der Waals surface area contributed by atoms with Crippen LogP contribution in [0.1, 0.15) is 6.42 Å². The van der Waals surface area contributed by atoms with Gasteiger partial charge in [0.05, 0.1) is 30.5 Å². The minimum Gasteiger partial charge on any atom is -0.493 e. The number of rotatable bonds is 9. The summed E-state index contributed by atoms with van der Waals surface area (Å²) in [7, 11) is 1.58. The van der Waals surface area contributed by atoms with Crippen molar-refractivity contribution in [2.45, 2.75) is 6.42 Å². The van der Waals surface area contributed by atoms with Crippen LogP contribution in [-0.4, -0.2) is 68.9 Å². The van der Waals surface area contributed by atoms with Gasteiger partial charge in [0.2, 0.25) is 0 Å². The van der Waals surface area contributed by atoms with Gasteiger partial charge in [-0.05, 0) is 36.8 Å². The minimum absolute atomic E-state index is 0.103. The number of anilines is 1. The summed E-state index contributed by atoms with van der Waals surface area (Å²) in [6.07, 6.45) is 0.830. The molecule has 0 aliphatic carbocycles. The van der Waals surface area contributed by atoms with E-state index in [1.807, 2.05) is 30.3 Å². The number of halogens is 1. The molecular weight excluding hydrogens is 450 g/mol. The Balaban J connectivity index is 1.48. The lowest BCUT2D eigenvalue weighted by molar-refractivity contribution is -0.120. The van der Waals surface area contributed by atoms with Gasteiger partial charge in [0.1, 0.15) is 0 Å². The maximum absolute atomic E-state index is 13.2. The fraction of sp³-hybridized carbons (Fsp3) is 0.391. The lowest BCUT2D eigenvalue weighted by atomic mass is 10.3. The van der Waals surface area contributed by atoms with E-state index in [0.717, 1.165) is 49.5 Å². The van der Waals surface area contributed by atoms with E-state index in [1.165, 1.54) is 11.3 Å². The van der Waals surface area contributed by atoms with Crippen molar-refractivity contribution in [3.63, 3.8) is 0 Å². The molecule has 0 atom stereocenters. The van der Waals surface area contributed by atoms with Gasteiger partial charge < -0.3 is 14.2 Å². The molecule has 32 heavy (non-hydrogen) atoms. The zero-order chi connectivity index (χ0) is 22.3. The van der Waals surface area contributed by atoms with Crippen LogP contribution in [0.4, 0.5) is 5.13 Å². The second-order valence-electron chi connectivity index (χ2n) is 7.40. The van der Waals surface area contributed by atoms with E-state index in [9.17, 15) is 4.79 Å². The Hall–Kier alpha value is -2.39. The monoisotopic (exact) mass is 475 g/mol. The SMILES string of the molecule is COc1ccccc1OCC(=O)N(CCCN1CCOCC1)c1nc2ccc(Cl)cc2s1. The number of nitrogens with zero attached hydrogens (tertiary/aromatic N) is 3. The maximum atomic E-state index is 13.2. The number of hydrogen-bond acceptors (Lipinski definition) is 7. The molecule has 1 aromatic heterocycles. The number of amides is 1. The van der Waals surface area contributed by atoms with Crippen molar-refractivity contribution in [2.24, 2.45) is 0 Å². The Morgan fingerprint density at radius 2 is 2.00 bits per heavy atom. The first-order valence-electron chi connectivity index (χ1n) is 10.6. The lowest BCUT2D eigenvalue weighted by Crippen LogP contribution is -2.40. The third kappa shape index (κ3) is 5.69. The summed E-state index contributed by atoms with van der Waals surface area (Å²) >= 11 is 7.60. The highest BCUT2D eigenvalue weighted by atomic mass is 35.5. The van der Waals surface area contributed by atoms with Crippen LogP contribution in [0.5, 0.6) is 11.5 Å². The van der Waals surface area contributed by atoms with Gasteiger partial charge in [0.15, 0.2) is 23.2 Å². The van der Waals surface area contributed by atoms with Gasteiger partial charge in [0.25, 0.3) is 5.91 Å². The van der Waals surface area contributed by atoms with Gasteiger partial charge in [-0.25, -0.2) is 4.98 Å². The number of para-hydroxylation sites is 2. The summed E-state index contributed by atoms with van der Waals surface area (Å²) in [6.45, 7) is 4.71. The van der Waals surface area contributed by atoms with E-state index in [1.54, 1.807) is 24.1 Å². The van der Waals surface area contributed by atoms with Gasteiger partial charge in [0, 0.05) is 31.2 Å². The highest BCUT2D eigenvalue weighted by Gasteiger charge is 2.21. The average molecular weight is 476 g/mol. The second-order valence-corrected chi connectivity index (χ2v) is 8.85. The summed E-state index contributed by atoms with van der Waals surface area (Å²) in [4.78, 5) is 22.0. The van der Waals surface area contributed by atoms with Crippen LogP contribution in [0.25, 0.3) is 10.2 Å². The predicted octanol–water partition coefficient (Wildman–Crippen LogP) is 4.09. The molecule has 1 fully saturated rings. The highest BCUT2D eigenvalue weighted by Crippen LogP contribution is 2.31. The van der Waals surface area contributed by atoms with Crippen LogP contribution in [-0.2, 0) is 9.53 Å². The van der Waals surface area contributed by atoms with Crippen molar-refractivity contribution < 1.29 is 19.0 Å². The number of ether oxygens (including phenoxy) is 3. The molecule has 0 radical (unpaired) electrons. The molecule has 2 aromatic carbocycles. The van der Waals surface area contributed by atoms with Crippen LogP contribution < -0.4 is 14.4 Å². The van der Waals surface area contributed by atoms with Crippen molar-refractivity contribution in [2.75, 3.05) is 58.0 Å². The zero-order valence-electron chi connectivity index (χ0n) is 18.0. The molecule has 0 saturated carbocycles. The number of carbonyl (C=O) groups excluding carboxylic acids is 1.